The van der Waals surface area contributed by atoms with Crippen LogP contribution in [0, 0.1) is 6.92 Å². The molecule has 0 unspecified atom stereocenters. The van der Waals surface area contributed by atoms with Gasteiger partial charge in [-0.05, 0) is 44.0 Å². The number of benzene rings is 1. The number of carbonyl (C=O) groups excluding carboxylic acids is 1. The SMILES string of the molecule is CCNc1cc(C(=O)Nc2ccccc2CC)cc(C)n1. The van der Waals surface area contributed by atoms with Gasteiger partial charge in [-0.2, -0.15) is 0 Å². The van der Waals surface area contributed by atoms with Crippen LogP contribution in [0.1, 0.15) is 35.5 Å². The van der Waals surface area contributed by atoms with Crippen LogP contribution < -0.4 is 10.6 Å². The maximum absolute atomic E-state index is 12.4. The molecule has 1 amide bonds. The summed E-state index contributed by atoms with van der Waals surface area (Å²) in [7, 11) is 0. The third-order valence-electron chi connectivity index (χ3n) is 3.22. The van der Waals surface area contributed by atoms with Gasteiger partial charge in [0.1, 0.15) is 5.82 Å². The minimum atomic E-state index is -0.111. The summed E-state index contributed by atoms with van der Waals surface area (Å²) in [6, 6.07) is 11.4. The lowest BCUT2D eigenvalue weighted by molar-refractivity contribution is 0.102. The van der Waals surface area contributed by atoms with Crippen molar-refractivity contribution < 1.29 is 4.79 Å². The van der Waals surface area contributed by atoms with Gasteiger partial charge in [0.05, 0.1) is 0 Å². The van der Waals surface area contributed by atoms with E-state index in [0.29, 0.717) is 5.56 Å². The molecule has 0 spiro atoms. The van der Waals surface area contributed by atoms with Gasteiger partial charge in [0.15, 0.2) is 0 Å². The van der Waals surface area contributed by atoms with Gasteiger partial charge in [-0.3, -0.25) is 4.79 Å². The van der Waals surface area contributed by atoms with Crippen molar-refractivity contribution in [3.05, 3.63) is 53.2 Å². The first-order valence-electron chi connectivity index (χ1n) is 7.25. The third kappa shape index (κ3) is 3.81. The number of hydrogen-bond donors (Lipinski definition) is 2. The number of nitrogens with one attached hydrogen (secondary N) is 2. The molecular formula is C17H21N3O. The van der Waals surface area contributed by atoms with E-state index in [9.17, 15) is 4.79 Å². The van der Waals surface area contributed by atoms with Crippen molar-refractivity contribution in [3.8, 4) is 0 Å². The number of amides is 1. The molecule has 4 heteroatoms. The Bertz CT molecular complexity index is 638. The van der Waals surface area contributed by atoms with Crippen LogP contribution in [-0.4, -0.2) is 17.4 Å². The average Bonchev–Trinajstić information content (AvgIpc) is 2.47. The lowest BCUT2D eigenvalue weighted by Gasteiger charge is -2.11. The highest BCUT2D eigenvalue weighted by Gasteiger charge is 2.10. The Balaban J connectivity index is 2.24. The van der Waals surface area contributed by atoms with Crippen LogP contribution in [0.25, 0.3) is 0 Å². The van der Waals surface area contributed by atoms with Gasteiger partial charge in [0, 0.05) is 23.5 Å². The van der Waals surface area contributed by atoms with Crippen molar-refractivity contribution in [1.29, 1.82) is 0 Å². The zero-order valence-corrected chi connectivity index (χ0v) is 12.7. The molecule has 0 saturated heterocycles. The van der Waals surface area contributed by atoms with Crippen LogP contribution >= 0.6 is 0 Å². The maximum Gasteiger partial charge on any atom is 0.255 e. The Labute approximate surface area is 125 Å². The van der Waals surface area contributed by atoms with Gasteiger partial charge in [0.2, 0.25) is 0 Å². The standard InChI is InChI=1S/C17H21N3O/c1-4-13-8-6-7-9-15(13)20-17(21)14-10-12(3)19-16(11-14)18-5-2/h6-11H,4-5H2,1-3H3,(H,18,19)(H,20,21). The third-order valence-corrected chi connectivity index (χ3v) is 3.22. The Kier molecular flexibility index (Phi) is 4.93. The quantitative estimate of drug-likeness (QED) is 0.881. The number of hydrogen-bond acceptors (Lipinski definition) is 3. The number of nitrogens with zero attached hydrogens (tertiary/aromatic N) is 1. The van der Waals surface area contributed by atoms with Gasteiger partial charge >= 0.3 is 0 Å². The minimum Gasteiger partial charge on any atom is -0.370 e. The number of carbonyl (C=O) groups is 1. The summed E-state index contributed by atoms with van der Waals surface area (Å²) in [5.41, 5.74) is 3.43. The molecule has 0 aliphatic rings. The molecule has 1 aromatic heterocycles. The van der Waals surface area contributed by atoms with E-state index in [4.69, 9.17) is 0 Å². The van der Waals surface area contributed by atoms with Crippen LogP contribution in [0.2, 0.25) is 0 Å². The summed E-state index contributed by atoms with van der Waals surface area (Å²) >= 11 is 0. The lowest BCUT2D eigenvalue weighted by Crippen LogP contribution is -2.14. The second-order valence-corrected chi connectivity index (χ2v) is 4.88. The molecule has 2 N–H and O–H groups in total. The van der Waals surface area contributed by atoms with E-state index < -0.39 is 0 Å². The molecule has 2 aromatic rings. The number of anilines is 2. The molecule has 0 aliphatic heterocycles. The van der Waals surface area contributed by atoms with Gasteiger partial charge in [-0.25, -0.2) is 4.98 Å². The second-order valence-electron chi connectivity index (χ2n) is 4.88. The highest BCUT2D eigenvalue weighted by molar-refractivity contribution is 6.05. The van der Waals surface area contributed by atoms with E-state index in [0.717, 1.165) is 35.7 Å². The van der Waals surface area contributed by atoms with E-state index in [-0.39, 0.29) is 5.91 Å². The van der Waals surface area contributed by atoms with Crippen molar-refractivity contribution in [3.63, 3.8) is 0 Å². The fourth-order valence-corrected chi connectivity index (χ4v) is 2.22. The van der Waals surface area contributed by atoms with Crippen molar-refractivity contribution in [1.82, 2.24) is 4.98 Å². The first-order chi connectivity index (χ1) is 10.1. The molecule has 2 rings (SSSR count). The predicted molar refractivity (Wildman–Crippen MR) is 86.9 cm³/mol. The van der Waals surface area contributed by atoms with Crippen LogP contribution in [0.15, 0.2) is 36.4 Å². The highest BCUT2D eigenvalue weighted by Crippen LogP contribution is 2.18. The van der Waals surface area contributed by atoms with Crippen LogP contribution in [0.3, 0.4) is 0 Å². The first kappa shape index (κ1) is 15.0. The molecule has 1 heterocycles. The summed E-state index contributed by atoms with van der Waals surface area (Å²) in [5.74, 6) is 0.618. The molecule has 0 bridgehead atoms. The van der Waals surface area contributed by atoms with E-state index >= 15 is 0 Å². The average molecular weight is 283 g/mol. The van der Waals surface area contributed by atoms with E-state index in [2.05, 4.69) is 22.5 Å². The molecule has 0 aliphatic carbocycles. The second kappa shape index (κ2) is 6.88. The topological polar surface area (TPSA) is 54.0 Å². The first-order valence-corrected chi connectivity index (χ1v) is 7.25. The Hall–Kier alpha value is -2.36. The van der Waals surface area contributed by atoms with Gasteiger partial charge in [0.25, 0.3) is 5.91 Å². The molecule has 21 heavy (non-hydrogen) atoms. The summed E-state index contributed by atoms with van der Waals surface area (Å²) in [6.45, 7) is 6.74. The normalized spacial score (nSPS) is 10.2. The fraction of sp³-hybridized carbons (Fsp3) is 0.294. The van der Waals surface area contributed by atoms with E-state index in [1.807, 2.05) is 38.1 Å². The smallest absolute Gasteiger partial charge is 0.255 e. The van der Waals surface area contributed by atoms with Crippen molar-refractivity contribution in [2.24, 2.45) is 0 Å². The largest absolute Gasteiger partial charge is 0.370 e. The molecule has 0 atom stereocenters. The maximum atomic E-state index is 12.4. The van der Waals surface area contributed by atoms with Gasteiger partial charge in [-0.15, -0.1) is 0 Å². The van der Waals surface area contributed by atoms with E-state index in [1.165, 1.54) is 0 Å². The van der Waals surface area contributed by atoms with Crippen LogP contribution in [-0.2, 0) is 6.42 Å². The lowest BCUT2D eigenvalue weighted by atomic mass is 10.1. The monoisotopic (exact) mass is 283 g/mol. The predicted octanol–water partition coefficient (Wildman–Crippen LogP) is 3.64. The zero-order valence-electron chi connectivity index (χ0n) is 12.7. The van der Waals surface area contributed by atoms with Crippen LogP contribution in [0.5, 0.6) is 0 Å². The molecule has 4 nitrogen and oxygen atoms in total. The van der Waals surface area contributed by atoms with Crippen LogP contribution in [0.4, 0.5) is 11.5 Å². The van der Waals surface area contributed by atoms with Gasteiger partial charge < -0.3 is 10.6 Å². The summed E-state index contributed by atoms with van der Waals surface area (Å²) < 4.78 is 0. The number of aromatic nitrogens is 1. The number of para-hydroxylation sites is 1. The number of pyridine rings is 1. The molecule has 0 radical (unpaired) electrons. The summed E-state index contributed by atoms with van der Waals surface area (Å²) in [4.78, 5) is 16.8. The highest BCUT2D eigenvalue weighted by atomic mass is 16.1. The molecule has 0 saturated carbocycles. The van der Waals surface area contributed by atoms with Gasteiger partial charge in [-0.1, -0.05) is 25.1 Å². The Morgan fingerprint density at radius 1 is 1.19 bits per heavy atom. The number of rotatable bonds is 5. The molecule has 0 fully saturated rings. The molecular weight excluding hydrogens is 262 g/mol. The number of aryl methyl sites for hydroxylation is 2. The van der Waals surface area contributed by atoms with Crippen molar-refractivity contribution >= 4 is 17.4 Å². The van der Waals surface area contributed by atoms with Crippen molar-refractivity contribution in [2.45, 2.75) is 27.2 Å². The Morgan fingerprint density at radius 3 is 2.67 bits per heavy atom. The van der Waals surface area contributed by atoms with Crippen molar-refractivity contribution in [2.75, 3.05) is 17.2 Å². The summed E-state index contributed by atoms with van der Waals surface area (Å²) in [5, 5.41) is 6.12. The zero-order chi connectivity index (χ0) is 15.2. The Morgan fingerprint density at radius 2 is 1.95 bits per heavy atom. The minimum absolute atomic E-state index is 0.111. The van der Waals surface area contributed by atoms with E-state index in [1.54, 1.807) is 12.1 Å². The molecule has 1 aromatic carbocycles. The fourth-order valence-electron chi connectivity index (χ4n) is 2.22. The molecule has 110 valence electrons. The summed E-state index contributed by atoms with van der Waals surface area (Å²) in [6.07, 6.45) is 0.883.